The molecule has 0 aliphatic rings. The van der Waals surface area contributed by atoms with Gasteiger partial charge < -0.3 is 19.9 Å². The second-order valence-corrected chi connectivity index (χ2v) is 8.89. The second kappa shape index (κ2) is 13.8. The highest BCUT2D eigenvalue weighted by Gasteiger charge is 2.37. The van der Waals surface area contributed by atoms with E-state index >= 15 is 0 Å². The van der Waals surface area contributed by atoms with E-state index in [1.54, 1.807) is 10.8 Å². The summed E-state index contributed by atoms with van der Waals surface area (Å²) in [7, 11) is 3.12. The fourth-order valence-corrected chi connectivity index (χ4v) is 4.48. The Kier molecular flexibility index (Phi) is 13.6. The predicted octanol–water partition coefficient (Wildman–Crippen LogP) is 2.96. The zero-order chi connectivity index (χ0) is 18.4. The molecule has 1 atom stereocenters. The van der Waals surface area contributed by atoms with E-state index in [-0.39, 0.29) is 18.9 Å². The van der Waals surface area contributed by atoms with Crippen LogP contribution in [0.3, 0.4) is 0 Å². The van der Waals surface area contributed by atoms with E-state index in [1.165, 1.54) is 10.8 Å². The molecule has 0 heterocycles. The minimum Gasteiger partial charge on any atom is -0.480 e. The van der Waals surface area contributed by atoms with Gasteiger partial charge in [0.1, 0.15) is 6.04 Å². The molecule has 0 spiro atoms. The molecular weight excluding hydrogens is 350 g/mol. The number of carbonyl (C=O) groups is 2. The fourth-order valence-electron chi connectivity index (χ4n) is 1.72. The Morgan fingerprint density at radius 1 is 1.08 bits per heavy atom. The maximum Gasteiger partial charge on any atom is 0.327 e. The molecule has 6 nitrogen and oxygen atoms in total. The minimum absolute atomic E-state index is 0.139. The summed E-state index contributed by atoms with van der Waals surface area (Å²) < 4.78 is 9.98. The van der Waals surface area contributed by atoms with Crippen LogP contribution >= 0.6 is 21.6 Å². The summed E-state index contributed by atoms with van der Waals surface area (Å²) in [5, 5.41) is 12.0. The smallest absolute Gasteiger partial charge is 0.327 e. The van der Waals surface area contributed by atoms with Crippen molar-refractivity contribution in [2.75, 3.05) is 32.2 Å². The molecule has 0 aliphatic carbocycles. The number of ether oxygens (including phenoxy) is 2. The van der Waals surface area contributed by atoms with E-state index in [4.69, 9.17) is 9.47 Å². The molecular formula is C16H31NO5S2. The van der Waals surface area contributed by atoms with Gasteiger partial charge in [-0.15, -0.1) is 0 Å². The van der Waals surface area contributed by atoms with Crippen molar-refractivity contribution < 1.29 is 24.2 Å². The van der Waals surface area contributed by atoms with Gasteiger partial charge in [0.05, 0.1) is 24.6 Å². The molecule has 1 amide bonds. The lowest BCUT2D eigenvalue weighted by molar-refractivity contribution is -0.142. The largest absolute Gasteiger partial charge is 0.480 e. The van der Waals surface area contributed by atoms with Gasteiger partial charge in [-0.25, -0.2) is 4.79 Å². The van der Waals surface area contributed by atoms with Crippen LogP contribution in [0.1, 0.15) is 47.0 Å². The third-order valence-electron chi connectivity index (χ3n) is 3.00. The lowest BCUT2D eigenvalue weighted by atomic mass is 10.0. The van der Waals surface area contributed by atoms with Gasteiger partial charge in [0, 0.05) is 18.8 Å². The monoisotopic (exact) mass is 381 g/mol. The van der Waals surface area contributed by atoms with Gasteiger partial charge >= 0.3 is 5.97 Å². The van der Waals surface area contributed by atoms with Gasteiger partial charge in [0.25, 0.3) is 0 Å². The highest BCUT2D eigenvalue weighted by Crippen LogP contribution is 2.38. The number of hydrogen-bond donors (Lipinski definition) is 2. The average Bonchev–Trinajstić information content (AvgIpc) is 2.51. The van der Waals surface area contributed by atoms with E-state index in [9.17, 15) is 14.7 Å². The summed E-state index contributed by atoms with van der Waals surface area (Å²) in [5.74, 6) is -0.389. The molecule has 8 heteroatoms. The Bertz CT molecular complexity index is 366. The van der Waals surface area contributed by atoms with Crippen LogP contribution < -0.4 is 5.32 Å². The predicted molar refractivity (Wildman–Crippen MR) is 101 cm³/mol. The zero-order valence-electron chi connectivity index (χ0n) is 15.1. The van der Waals surface area contributed by atoms with Crippen molar-refractivity contribution in [2.45, 2.75) is 57.7 Å². The van der Waals surface area contributed by atoms with Crippen LogP contribution in [0.2, 0.25) is 0 Å². The van der Waals surface area contributed by atoms with E-state index in [0.29, 0.717) is 19.8 Å². The van der Waals surface area contributed by atoms with Crippen LogP contribution in [0, 0.1) is 0 Å². The van der Waals surface area contributed by atoms with E-state index < -0.39 is 16.8 Å². The van der Waals surface area contributed by atoms with Crippen molar-refractivity contribution in [1.29, 1.82) is 0 Å². The van der Waals surface area contributed by atoms with Crippen molar-refractivity contribution in [3.8, 4) is 0 Å². The first-order valence-electron chi connectivity index (χ1n) is 8.33. The van der Waals surface area contributed by atoms with Gasteiger partial charge in [0.2, 0.25) is 5.91 Å². The lowest BCUT2D eigenvalue weighted by Crippen LogP contribution is -2.52. The van der Waals surface area contributed by atoms with E-state index in [2.05, 4.69) is 12.2 Å². The zero-order valence-corrected chi connectivity index (χ0v) is 16.8. The lowest BCUT2D eigenvalue weighted by Gasteiger charge is -2.30. The molecule has 142 valence electrons. The normalized spacial score (nSPS) is 12.8. The molecule has 0 bridgehead atoms. The number of amides is 1. The summed E-state index contributed by atoms with van der Waals surface area (Å²) in [6.45, 7) is 9.67. The third kappa shape index (κ3) is 11.2. The molecule has 0 fully saturated rings. The summed E-state index contributed by atoms with van der Waals surface area (Å²) in [5.41, 5.74) is 0. The first kappa shape index (κ1) is 23.6. The Morgan fingerprint density at radius 2 is 1.71 bits per heavy atom. The molecule has 0 aliphatic heterocycles. The summed E-state index contributed by atoms with van der Waals surface area (Å²) >= 11 is 0. The number of nitrogens with one attached hydrogen (secondary N) is 1. The van der Waals surface area contributed by atoms with Crippen LogP contribution in [0.4, 0.5) is 0 Å². The molecule has 0 saturated heterocycles. The Morgan fingerprint density at radius 3 is 2.25 bits per heavy atom. The molecule has 0 aromatic rings. The Labute approximate surface area is 153 Å². The molecule has 24 heavy (non-hydrogen) atoms. The molecule has 0 saturated carbocycles. The van der Waals surface area contributed by atoms with Crippen LogP contribution in [0.5, 0.6) is 0 Å². The number of aliphatic carboxylic acids is 1. The highest BCUT2D eigenvalue weighted by molar-refractivity contribution is 8.77. The van der Waals surface area contributed by atoms with Gasteiger partial charge in [-0.1, -0.05) is 35.4 Å². The SMILES string of the molecule is CCCOCCOCCC(=O)N[C@H](C(=O)O)C(C)(C)SSCCC. The number of rotatable bonds is 15. The van der Waals surface area contributed by atoms with Crippen molar-refractivity contribution >= 4 is 33.5 Å². The Balaban J connectivity index is 4.17. The number of carbonyl (C=O) groups excluding carboxylic acids is 1. The van der Waals surface area contributed by atoms with Crippen molar-refractivity contribution in [2.24, 2.45) is 0 Å². The fraction of sp³-hybridized carbons (Fsp3) is 0.875. The van der Waals surface area contributed by atoms with E-state index in [0.717, 1.165) is 18.6 Å². The van der Waals surface area contributed by atoms with E-state index in [1.807, 2.05) is 20.8 Å². The van der Waals surface area contributed by atoms with Crippen LogP contribution in [0.15, 0.2) is 0 Å². The minimum atomic E-state index is -1.02. The molecule has 0 aromatic heterocycles. The van der Waals surface area contributed by atoms with Crippen molar-refractivity contribution in [3.63, 3.8) is 0 Å². The number of carboxylic acids is 1. The molecule has 0 unspecified atom stereocenters. The van der Waals surface area contributed by atoms with Gasteiger partial charge in [-0.2, -0.15) is 0 Å². The maximum absolute atomic E-state index is 12.0. The third-order valence-corrected chi connectivity index (χ3v) is 6.50. The molecule has 2 N–H and O–H groups in total. The molecule has 0 rings (SSSR count). The van der Waals surface area contributed by atoms with Crippen molar-refractivity contribution in [1.82, 2.24) is 5.32 Å². The van der Waals surface area contributed by atoms with Crippen LogP contribution in [-0.2, 0) is 19.1 Å². The highest BCUT2D eigenvalue weighted by atomic mass is 33.1. The quantitative estimate of drug-likeness (QED) is 0.333. The van der Waals surface area contributed by atoms with Crippen molar-refractivity contribution in [3.05, 3.63) is 0 Å². The summed E-state index contributed by atoms with van der Waals surface area (Å²) in [4.78, 5) is 23.5. The first-order chi connectivity index (χ1) is 11.3. The Hall–Kier alpha value is -0.440. The summed E-state index contributed by atoms with van der Waals surface area (Å²) in [6.07, 6.45) is 2.13. The standard InChI is InChI=1S/C16H31NO5S2/c1-5-8-21-10-11-22-9-7-13(18)17-14(15(19)20)16(3,4)24-23-12-6-2/h14H,5-12H2,1-4H3,(H,17,18)(H,19,20)/t14-/m1/s1. The average molecular weight is 382 g/mol. The maximum atomic E-state index is 12.0. The first-order valence-corrected chi connectivity index (χ1v) is 10.6. The summed E-state index contributed by atoms with van der Waals surface area (Å²) in [6, 6.07) is -0.938. The second-order valence-electron chi connectivity index (χ2n) is 5.82. The topological polar surface area (TPSA) is 84.9 Å². The number of hydrogen-bond acceptors (Lipinski definition) is 6. The van der Waals surface area contributed by atoms with Crippen LogP contribution in [0.25, 0.3) is 0 Å². The molecule has 0 aromatic carbocycles. The van der Waals surface area contributed by atoms with Gasteiger partial charge in [0.15, 0.2) is 0 Å². The number of carboxylic acid groups (broad SMARTS) is 1. The van der Waals surface area contributed by atoms with Gasteiger partial charge in [-0.05, 0) is 26.7 Å². The van der Waals surface area contributed by atoms with Crippen LogP contribution in [-0.4, -0.2) is 60.0 Å². The van der Waals surface area contributed by atoms with Gasteiger partial charge in [-0.3, -0.25) is 4.79 Å². The molecule has 0 radical (unpaired) electrons.